The number of hydrogen-bond donors (Lipinski definition) is 0. The van der Waals surface area contributed by atoms with Crippen molar-refractivity contribution < 1.29 is 13.9 Å². The monoisotopic (exact) mass is 364 g/mol. The predicted octanol–water partition coefficient (Wildman–Crippen LogP) is 3.87. The van der Waals surface area contributed by atoms with Gasteiger partial charge in [0.25, 0.3) is 0 Å². The lowest BCUT2D eigenvalue weighted by molar-refractivity contribution is -0.135. The van der Waals surface area contributed by atoms with Crippen molar-refractivity contribution >= 4 is 5.91 Å². The van der Waals surface area contributed by atoms with E-state index in [0.29, 0.717) is 25.1 Å². The highest BCUT2D eigenvalue weighted by atomic mass is 19.1. The van der Waals surface area contributed by atoms with E-state index >= 15 is 0 Å². The Morgan fingerprint density at radius 2 is 1.85 bits per heavy atom. The van der Waals surface area contributed by atoms with Gasteiger partial charge in [0.15, 0.2) is 0 Å². The molecular formula is C21H33FN2O2. The normalized spacial score (nSPS) is 17.5. The molecule has 1 unspecified atom stereocenters. The summed E-state index contributed by atoms with van der Waals surface area (Å²) in [5.41, 5.74) is 0.961. The third kappa shape index (κ3) is 6.06. The third-order valence-electron chi connectivity index (χ3n) is 5.04. The number of rotatable bonds is 8. The van der Waals surface area contributed by atoms with E-state index in [1.54, 1.807) is 12.1 Å². The second-order valence-electron chi connectivity index (χ2n) is 7.61. The Balaban J connectivity index is 1.84. The first kappa shape index (κ1) is 20.8. The summed E-state index contributed by atoms with van der Waals surface area (Å²) in [5, 5.41) is 0. The highest BCUT2D eigenvalue weighted by Crippen LogP contribution is 2.21. The van der Waals surface area contributed by atoms with Crippen LogP contribution in [0.2, 0.25) is 0 Å². The Bertz CT molecular complexity index is 554. The van der Waals surface area contributed by atoms with Crippen molar-refractivity contribution in [2.75, 3.05) is 32.8 Å². The van der Waals surface area contributed by atoms with Crippen LogP contribution < -0.4 is 0 Å². The van der Waals surface area contributed by atoms with Crippen molar-refractivity contribution in [3.8, 4) is 0 Å². The fraction of sp³-hybridized carbons (Fsp3) is 0.667. The van der Waals surface area contributed by atoms with Crippen LogP contribution in [-0.2, 0) is 9.53 Å². The lowest BCUT2D eigenvalue weighted by Gasteiger charge is -2.35. The van der Waals surface area contributed by atoms with Crippen molar-refractivity contribution in [2.45, 2.75) is 52.7 Å². The van der Waals surface area contributed by atoms with Crippen LogP contribution in [-0.4, -0.2) is 54.6 Å². The van der Waals surface area contributed by atoms with Gasteiger partial charge in [-0.25, -0.2) is 4.39 Å². The molecule has 1 amide bonds. The molecule has 1 aliphatic rings. The second-order valence-corrected chi connectivity index (χ2v) is 7.61. The fourth-order valence-corrected chi connectivity index (χ4v) is 3.43. The Morgan fingerprint density at radius 3 is 2.38 bits per heavy atom. The number of likely N-dealkylation sites (tertiary alicyclic amines) is 1. The van der Waals surface area contributed by atoms with Crippen LogP contribution in [0.1, 0.15) is 52.1 Å². The second kappa shape index (κ2) is 10.0. The Kier molecular flexibility index (Phi) is 8.04. The van der Waals surface area contributed by atoms with E-state index in [2.05, 4.69) is 18.7 Å². The number of carbonyl (C=O) groups excluding carboxylic acids is 1. The Labute approximate surface area is 157 Å². The summed E-state index contributed by atoms with van der Waals surface area (Å²) in [7, 11) is 0. The van der Waals surface area contributed by atoms with Gasteiger partial charge in [0.1, 0.15) is 5.82 Å². The molecule has 0 aliphatic carbocycles. The van der Waals surface area contributed by atoms with E-state index < -0.39 is 0 Å². The summed E-state index contributed by atoms with van der Waals surface area (Å²) in [5.74, 6) is 0.435. The highest BCUT2D eigenvalue weighted by Gasteiger charge is 2.25. The minimum Gasteiger partial charge on any atom is -0.378 e. The molecule has 1 aromatic rings. The third-order valence-corrected chi connectivity index (χ3v) is 5.04. The number of halogens is 1. The summed E-state index contributed by atoms with van der Waals surface area (Å²) >= 11 is 0. The molecule has 1 aliphatic heterocycles. The van der Waals surface area contributed by atoms with Crippen LogP contribution in [0.15, 0.2) is 24.3 Å². The molecule has 0 spiro atoms. The average Bonchev–Trinajstić information content (AvgIpc) is 2.62. The summed E-state index contributed by atoms with van der Waals surface area (Å²) in [4.78, 5) is 16.9. The average molecular weight is 365 g/mol. The van der Waals surface area contributed by atoms with E-state index in [1.165, 1.54) is 12.1 Å². The molecule has 0 saturated carbocycles. The number of amides is 1. The summed E-state index contributed by atoms with van der Waals surface area (Å²) < 4.78 is 19.1. The first-order valence-electron chi connectivity index (χ1n) is 9.79. The van der Waals surface area contributed by atoms with Crippen LogP contribution >= 0.6 is 0 Å². The molecule has 1 heterocycles. The van der Waals surface area contributed by atoms with Gasteiger partial charge in [0.05, 0.1) is 18.7 Å². The van der Waals surface area contributed by atoms with Crippen molar-refractivity contribution in [2.24, 2.45) is 5.92 Å². The smallest absolute Gasteiger partial charge is 0.237 e. The predicted molar refractivity (Wildman–Crippen MR) is 102 cm³/mol. The van der Waals surface area contributed by atoms with Gasteiger partial charge in [-0.3, -0.25) is 9.69 Å². The lowest BCUT2D eigenvalue weighted by atomic mass is 10.1. The van der Waals surface area contributed by atoms with Crippen LogP contribution in [0, 0.1) is 11.7 Å². The van der Waals surface area contributed by atoms with E-state index in [4.69, 9.17) is 4.74 Å². The van der Waals surface area contributed by atoms with Gasteiger partial charge in [0.2, 0.25) is 5.91 Å². The SMILES string of the molecule is CCN(C(=O)CN1CCC(OCC(C)C)CC1)C(C)c1ccc(F)cc1. The van der Waals surface area contributed by atoms with Gasteiger partial charge < -0.3 is 9.64 Å². The largest absolute Gasteiger partial charge is 0.378 e. The maximum absolute atomic E-state index is 13.1. The molecule has 146 valence electrons. The standard InChI is InChI=1S/C21H33FN2O2/c1-5-24(17(4)18-6-8-19(22)9-7-18)21(25)14-23-12-10-20(11-13-23)26-15-16(2)3/h6-9,16-17,20H,5,10-15H2,1-4H3. The minimum absolute atomic E-state index is 0.0555. The first-order chi connectivity index (χ1) is 12.4. The number of piperidine rings is 1. The molecular weight excluding hydrogens is 331 g/mol. The van der Waals surface area contributed by atoms with Crippen LogP contribution in [0.5, 0.6) is 0 Å². The van der Waals surface area contributed by atoms with Crippen LogP contribution in [0.3, 0.4) is 0 Å². The molecule has 1 aromatic carbocycles. The number of ether oxygens (including phenoxy) is 1. The molecule has 4 nitrogen and oxygen atoms in total. The van der Waals surface area contributed by atoms with E-state index in [-0.39, 0.29) is 17.8 Å². The number of likely N-dealkylation sites (N-methyl/N-ethyl adjacent to an activating group) is 1. The summed E-state index contributed by atoms with van der Waals surface area (Å²) in [6, 6.07) is 6.36. The van der Waals surface area contributed by atoms with Crippen molar-refractivity contribution in [3.05, 3.63) is 35.6 Å². The Morgan fingerprint density at radius 1 is 1.23 bits per heavy atom. The topological polar surface area (TPSA) is 32.8 Å². The Hall–Kier alpha value is -1.46. The minimum atomic E-state index is -0.252. The number of benzene rings is 1. The van der Waals surface area contributed by atoms with Gasteiger partial charge >= 0.3 is 0 Å². The molecule has 1 fully saturated rings. The highest BCUT2D eigenvalue weighted by molar-refractivity contribution is 5.78. The van der Waals surface area contributed by atoms with Crippen molar-refractivity contribution in [3.63, 3.8) is 0 Å². The van der Waals surface area contributed by atoms with Crippen LogP contribution in [0.4, 0.5) is 4.39 Å². The number of nitrogens with zero attached hydrogens (tertiary/aromatic N) is 2. The van der Waals surface area contributed by atoms with Gasteiger partial charge in [-0.05, 0) is 50.3 Å². The number of carbonyl (C=O) groups is 1. The summed E-state index contributed by atoms with van der Waals surface area (Å²) in [6.45, 7) is 12.0. The first-order valence-corrected chi connectivity index (χ1v) is 9.79. The van der Waals surface area contributed by atoms with Crippen LogP contribution in [0.25, 0.3) is 0 Å². The molecule has 5 heteroatoms. The maximum atomic E-state index is 13.1. The summed E-state index contributed by atoms with van der Waals surface area (Å²) in [6.07, 6.45) is 2.29. The van der Waals surface area contributed by atoms with Gasteiger partial charge in [-0.2, -0.15) is 0 Å². The van der Waals surface area contributed by atoms with Crippen molar-refractivity contribution in [1.82, 2.24) is 9.80 Å². The van der Waals surface area contributed by atoms with E-state index in [0.717, 1.165) is 38.1 Å². The van der Waals surface area contributed by atoms with Crippen molar-refractivity contribution in [1.29, 1.82) is 0 Å². The lowest BCUT2D eigenvalue weighted by Crippen LogP contribution is -2.45. The van der Waals surface area contributed by atoms with Gasteiger partial charge in [0, 0.05) is 26.2 Å². The zero-order valence-electron chi connectivity index (χ0n) is 16.6. The number of hydrogen-bond acceptors (Lipinski definition) is 3. The molecule has 0 N–H and O–H groups in total. The molecule has 0 aromatic heterocycles. The molecule has 1 atom stereocenters. The molecule has 2 rings (SSSR count). The quantitative estimate of drug-likeness (QED) is 0.702. The molecule has 0 bridgehead atoms. The zero-order valence-corrected chi connectivity index (χ0v) is 16.6. The molecule has 0 radical (unpaired) electrons. The van der Waals surface area contributed by atoms with Gasteiger partial charge in [-0.1, -0.05) is 26.0 Å². The zero-order chi connectivity index (χ0) is 19.1. The fourth-order valence-electron chi connectivity index (χ4n) is 3.43. The molecule has 26 heavy (non-hydrogen) atoms. The molecule has 1 saturated heterocycles. The van der Waals surface area contributed by atoms with E-state index in [1.807, 2.05) is 18.7 Å². The van der Waals surface area contributed by atoms with E-state index in [9.17, 15) is 9.18 Å². The van der Waals surface area contributed by atoms with Gasteiger partial charge in [-0.15, -0.1) is 0 Å². The maximum Gasteiger partial charge on any atom is 0.237 e.